The zero-order valence-electron chi connectivity index (χ0n) is 17.4. The van der Waals surface area contributed by atoms with Gasteiger partial charge in [-0.3, -0.25) is 4.79 Å². The number of carbonyl (C=O) groups is 2. The van der Waals surface area contributed by atoms with E-state index in [1.54, 1.807) is 35.2 Å². The lowest BCUT2D eigenvalue weighted by atomic mass is 9.85. The van der Waals surface area contributed by atoms with Gasteiger partial charge in [0.1, 0.15) is 13.2 Å². The van der Waals surface area contributed by atoms with Crippen LogP contribution in [0.4, 0.5) is 16.2 Å². The second-order valence-electron chi connectivity index (χ2n) is 7.90. The van der Waals surface area contributed by atoms with Crippen molar-refractivity contribution >= 4 is 34.9 Å². The van der Waals surface area contributed by atoms with Crippen LogP contribution in [0.3, 0.4) is 0 Å². The molecule has 2 aliphatic rings. The molecular formula is C23H26ClN3O4. The number of likely N-dealkylation sites (tertiary alicyclic amines) is 1. The van der Waals surface area contributed by atoms with Crippen LogP contribution in [-0.2, 0) is 4.79 Å². The van der Waals surface area contributed by atoms with Crippen molar-refractivity contribution in [3.63, 3.8) is 0 Å². The highest BCUT2D eigenvalue weighted by molar-refractivity contribution is 6.30. The van der Waals surface area contributed by atoms with Gasteiger partial charge in [-0.25, -0.2) is 4.79 Å². The summed E-state index contributed by atoms with van der Waals surface area (Å²) in [7, 11) is 0. The molecule has 1 fully saturated rings. The van der Waals surface area contributed by atoms with E-state index in [0.29, 0.717) is 54.2 Å². The Kier molecular flexibility index (Phi) is 6.51. The minimum Gasteiger partial charge on any atom is -0.486 e. The van der Waals surface area contributed by atoms with Gasteiger partial charge in [-0.1, -0.05) is 18.5 Å². The van der Waals surface area contributed by atoms with Crippen LogP contribution in [0.25, 0.3) is 0 Å². The molecule has 31 heavy (non-hydrogen) atoms. The fourth-order valence-corrected chi connectivity index (χ4v) is 4.06. The van der Waals surface area contributed by atoms with E-state index >= 15 is 0 Å². The fourth-order valence-electron chi connectivity index (χ4n) is 3.93. The molecule has 0 aromatic heterocycles. The first kappa shape index (κ1) is 21.3. The quantitative estimate of drug-likeness (QED) is 0.722. The third-order valence-electron chi connectivity index (χ3n) is 5.85. The van der Waals surface area contributed by atoms with Crippen molar-refractivity contribution in [3.8, 4) is 11.5 Å². The van der Waals surface area contributed by atoms with Crippen molar-refractivity contribution in [2.75, 3.05) is 36.9 Å². The van der Waals surface area contributed by atoms with Gasteiger partial charge < -0.3 is 25.0 Å². The van der Waals surface area contributed by atoms with Crippen molar-refractivity contribution < 1.29 is 19.1 Å². The lowest BCUT2D eigenvalue weighted by Gasteiger charge is -2.34. The summed E-state index contributed by atoms with van der Waals surface area (Å²) in [6.07, 6.45) is 1.56. The Hall–Kier alpha value is -2.93. The van der Waals surface area contributed by atoms with Gasteiger partial charge in [-0.15, -0.1) is 0 Å². The van der Waals surface area contributed by atoms with Crippen LogP contribution in [0.5, 0.6) is 11.5 Å². The lowest BCUT2D eigenvalue weighted by Crippen LogP contribution is -2.43. The number of nitrogens with zero attached hydrogens (tertiary/aromatic N) is 1. The number of carbonyl (C=O) groups excluding carboxylic acids is 2. The average Bonchev–Trinajstić information content (AvgIpc) is 2.80. The van der Waals surface area contributed by atoms with Crippen LogP contribution in [0.15, 0.2) is 42.5 Å². The Bertz CT molecular complexity index is 942. The first-order valence-corrected chi connectivity index (χ1v) is 10.9. The van der Waals surface area contributed by atoms with E-state index in [1.165, 1.54) is 0 Å². The highest BCUT2D eigenvalue weighted by Gasteiger charge is 2.30. The molecule has 0 bridgehead atoms. The van der Waals surface area contributed by atoms with Crippen molar-refractivity contribution in [2.45, 2.75) is 19.8 Å². The largest absolute Gasteiger partial charge is 0.486 e. The Morgan fingerprint density at radius 3 is 2.32 bits per heavy atom. The molecule has 1 unspecified atom stereocenters. The van der Waals surface area contributed by atoms with Crippen LogP contribution >= 0.6 is 11.6 Å². The molecule has 7 nitrogen and oxygen atoms in total. The van der Waals surface area contributed by atoms with Crippen molar-refractivity contribution in [2.24, 2.45) is 11.8 Å². The van der Waals surface area contributed by atoms with Gasteiger partial charge in [-0.05, 0) is 55.2 Å². The van der Waals surface area contributed by atoms with E-state index in [2.05, 4.69) is 10.6 Å². The lowest BCUT2D eigenvalue weighted by molar-refractivity contribution is -0.121. The fraction of sp³-hybridized carbons (Fsp3) is 0.391. The number of anilines is 2. The summed E-state index contributed by atoms with van der Waals surface area (Å²) in [5, 5.41) is 6.50. The van der Waals surface area contributed by atoms with Gasteiger partial charge >= 0.3 is 6.03 Å². The Balaban J connectivity index is 1.27. The van der Waals surface area contributed by atoms with Gasteiger partial charge in [0.2, 0.25) is 5.91 Å². The molecule has 164 valence electrons. The predicted octanol–water partition coefficient (Wildman–Crippen LogP) is 4.63. The summed E-state index contributed by atoms with van der Waals surface area (Å²) in [5.41, 5.74) is 1.41. The molecule has 2 heterocycles. The topological polar surface area (TPSA) is 79.9 Å². The number of hydrogen-bond acceptors (Lipinski definition) is 4. The molecule has 0 aliphatic carbocycles. The number of rotatable bonds is 4. The van der Waals surface area contributed by atoms with Gasteiger partial charge in [0.15, 0.2) is 11.5 Å². The second-order valence-corrected chi connectivity index (χ2v) is 8.33. The normalized spacial score (nSPS) is 17.0. The highest BCUT2D eigenvalue weighted by atomic mass is 35.5. The third-order valence-corrected chi connectivity index (χ3v) is 6.10. The number of benzene rings is 2. The Morgan fingerprint density at radius 1 is 0.968 bits per heavy atom. The number of urea groups is 1. The molecule has 2 N–H and O–H groups in total. The van der Waals surface area contributed by atoms with Crippen molar-refractivity contribution in [1.29, 1.82) is 0 Å². The molecule has 2 aliphatic heterocycles. The van der Waals surface area contributed by atoms with E-state index in [9.17, 15) is 9.59 Å². The minimum absolute atomic E-state index is 0.0271. The molecule has 0 spiro atoms. The van der Waals surface area contributed by atoms with Crippen LogP contribution < -0.4 is 20.1 Å². The van der Waals surface area contributed by atoms with E-state index < -0.39 is 0 Å². The van der Waals surface area contributed by atoms with Crippen molar-refractivity contribution in [1.82, 2.24) is 4.90 Å². The van der Waals surface area contributed by atoms with E-state index in [0.717, 1.165) is 12.8 Å². The standard InChI is InChI=1S/C23H26ClN3O4/c1-15(22(28)25-19-6-7-20-21(14-19)31-13-12-30-20)16-8-10-27(11-9-16)23(29)26-18-4-2-17(24)3-5-18/h2-7,14-16H,8-13H2,1H3,(H,25,28)(H,26,29). The Labute approximate surface area is 186 Å². The second kappa shape index (κ2) is 9.47. The molecule has 0 radical (unpaired) electrons. The molecule has 8 heteroatoms. The maximum Gasteiger partial charge on any atom is 0.321 e. The van der Waals surface area contributed by atoms with Crippen molar-refractivity contribution in [3.05, 3.63) is 47.5 Å². The predicted molar refractivity (Wildman–Crippen MR) is 120 cm³/mol. The zero-order chi connectivity index (χ0) is 21.8. The van der Waals surface area contributed by atoms with Crippen LogP contribution in [0.2, 0.25) is 5.02 Å². The summed E-state index contributed by atoms with van der Waals surface area (Å²) in [6.45, 7) is 4.22. The number of nitrogens with one attached hydrogen (secondary N) is 2. The zero-order valence-corrected chi connectivity index (χ0v) is 18.2. The summed E-state index contributed by atoms with van der Waals surface area (Å²) in [6, 6.07) is 12.3. The minimum atomic E-state index is -0.158. The molecule has 2 aromatic rings. The van der Waals surface area contributed by atoms with Gasteiger partial charge in [0.25, 0.3) is 0 Å². The van der Waals surface area contributed by atoms with Gasteiger partial charge in [0, 0.05) is 41.5 Å². The molecule has 1 saturated heterocycles. The van der Waals surface area contributed by atoms with E-state index in [1.807, 2.05) is 19.1 Å². The maximum atomic E-state index is 12.8. The summed E-state index contributed by atoms with van der Waals surface area (Å²) < 4.78 is 11.1. The molecule has 3 amide bonds. The summed E-state index contributed by atoms with van der Waals surface area (Å²) >= 11 is 5.88. The smallest absolute Gasteiger partial charge is 0.321 e. The molecular weight excluding hydrogens is 418 g/mol. The van der Waals surface area contributed by atoms with Crippen LogP contribution in [0.1, 0.15) is 19.8 Å². The SMILES string of the molecule is CC(C(=O)Nc1ccc2c(c1)OCCO2)C1CCN(C(=O)Nc2ccc(Cl)cc2)CC1. The van der Waals surface area contributed by atoms with Crippen LogP contribution in [0, 0.1) is 11.8 Å². The number of piperidine rings is 1. The van der Waals surface area contributed by atoms with E-state index in [4.69, 9.17) is 21.1 Å². The molecule has 2 aromatic carbocycles. The van der Waals surface area contributed by atoms with Gasteiger partial charge in [0.05, 0.1) is 0 Å². The first-order valence-electron chi connectivity index (χ1n) is 10.5. The summed E-state index contributed by atoms with van der Waals surface area (Å²) in [5.74, 6) is 1.38. The number of halogens is 1. The molecule has 4 rings (SSSR count). The molecule has 1 atom stereocenters. The number of hydrogen-bond donors (Lipinski definition) is 2. The number of fused-ring (bicyclic) bond motifs is 1. The maximum absolute atomic E-state index is 12.8. The first-order chi connectivity index (χ1) is 15.0. The van der Waals surface area contributed by atoms with Gasteiger partial charge in [-0.2, -0.15) is 0 Å². The van der Waals surface area contributed by atoms with Crippen LogP contribution in [-0.4, -0.2) is 43.1 Å². The monoisotopic (exact) mass is 443 g/mol. The van der Waals surface area contributed by atoms with E-state index in [-0.39, 0.29) is 23.8 Å². The summed E-state index contributed by atoms with van der Waals surface area (Å²) in [4.78, 5) is 27.1. The number of amides is 3. The third kappa shape index (κ3) is 5.22. The average molecular weight is 444 g/mol. The molecule has 0 saturated carbocycles. The Morgan fingerprint density at radius 2 is 1.61 bits per heavy atom. The number of ether oxygens (including phenoxy) is 2. The highest BCUT2D eigenvalue weighted by Crippen LogP contribution is 2.33.